The third-order valence-corrected chi connectivity index (χ3v) is 0. The first-order valence-electron chi connectivity index (χ1n) is 1.32. The van der Waals surface area contributed by atoms with Crippen molar-refractivity contribution in [2.45, 2.75) is 0 Å². The van der Waals surface area contributed by atoms with E-state index < -0.39 is 16.5 Å². The maximum absolute atomic E-state index is 8.52. The molecule has 0 N–H and O–H groups in total. The van der Waals surface area contributed by atoms with Crippen molar-refractivity contribution in [3.8, 4) is 0 Å². The van der Waals surface area contributed by atoms with E-state index in [1.165, 1.54) is 0 Å². The van der Waals surface area contributed by atoms with Gasteiger partial charge in [-0.3, -0.25) is 7.32 Å². The van der Waals surface area contributed by atoms with Crippen LogP contribution in [0, 0.1) is 0 Å². The van der Waals surface area contributed by atoms with Gasteiger partial charge in [0, 0.05) is 9.17 Å². The standard InChI is InChI=1S/BO3.5Na.O3Si/c2-1(3)4;;;;;;1-4(2)3/q-3;5*+1;-2. The van der Waals surface area contributed by atoms with Gasteiger partial charge in [-0.05, 0) is 0 Å². The largest absolute Gasteiger partial charge is 1.00 e. The van der Waals surface area contributed by atoms with Crippen LogP contribution in [0.1, 0.15) is 0 Å². The first-order chi connectivity index (χ1) is 3.46. The molecule has 0 atom stereocenters. The predicted octanol–water partition coefficient (Wildman–Crippen LogP) is -21.8. The summed E-state index contributed by atoms with van der Waals surface area (Å²) in [4.78, 5) is 17.0. The molecule has 0 aromatic rings. The van der Waals surface area contributed by atoms with Crippen molar-refractivity contribution in [3.63, 3.8) is 0 Å². The molecule has 0 rings (SSSR count). The maximum Gasteiger partial charge on any atom is 1.00 e. The summed E-state index contributed by atoms with van der Waals surface area (Å²) in [5.41, 5.74) is 0. The molecule has 0 aliphatic carbocycles. The van der Waals surface area contributed by atoms with Gasteiger partial charge in [0.15, 0.2) is 0 Å². The average Bonchev–Trinajstić information content (AvgIpc) is 1.25. The van der Waals surface area contributed by atoms with Crippen LogP contribution in [0.25, 0.3) is 0 Å². The molecule has 0 aliphatic rings. The zero-order chi connectivity index (χ0) is 7.15. The van der Waals surface area contributed by atoms with Crippen molar-refractivity contribution in [1.82, 2.24) is 0 Å². The van der Waals surface area contributed by atoms with Crippen molar-refractivity contribution in [2.75, 3.05) is 0 Å². The quantitative estimate of drug-likeness (QED) is 0.392. The van der Waals surface area contributed by atoms with Crippen LogP contribution < -0.4 is 172 Å². The van der Waals surface area contributed by atoms with Gasteiger partial charge in [-0.25, -0.2) is 0 Å². The Hall–Kier alpha value is 4.56. The van der Waals surface area contributed by atoms with Gasteiger partial charge in [-0.1, -0.05) is 0 Å². The molecule has 0 radical (unpaired) electrons. The fourth-order valence-electron chi connectivity index (χ4n) is 0. The summed E-state index contributed by atoms with van der Waals surface area (Å²) in [6.45, 7) is 0. The Morgan fingerprint density at radius 2 is 0.769 bits per heavy atom. The number of hydrogen-bond acceptors (Lipinski definition) is 6. The molecule has 0 saturated heterocycles. The number of hydrogen-bond donors (Lipinski definition) is 0. The molecule has 13 heavy (non-hydrogen) atoms. The van der Waals surface area contributed by atoms with Crippen molar-refractivity contribution in [2.24, 2.45) is 0 Å². The van der Waals surface area contributed by atoms with Gasteiger partial charge in [-0.15, -0.1) is 0 Å². The van der Waals surface area contributed by atoms with Crippen LogP contribution >= 0.6 is 0 Å². The van der Waals surface area contributed by atoms with E-state index in [-0.39, 0.29) is 148 Å². The minimum atomic E-state index is -3.63. The summed E-state index contributed by atoms with van der Waals surface area (Å²) >= 11 is 0. The molecule has 0 fully saturated rings. The molecule has 0 aromatic heterocycles. The van der Waals surface area contributed by atoms with E-state index in [1.807, 2.05) is 0 Å². The Morgan fingerprint density at radius 3 is 0.769 bits per heavy atom. The van der Waals surface area contributed by atoms with Crippen LogP contribution in [0.15, 0.2) is 0 Å². The molecule has 0 amide bonds. The second-order valence-corrected chi connectivity index (χ2v) is 1.04. The van der Waals surface area contributed by atoms with E-state index in [2.05, 4.69) is 0 Å². The van der Waals surface area contributed by atoms with Crippen molar-refractivity contribution < 1.29 is 177 Å². The van der Waals surface area contributed by atoms with Crippen LogP contribution in [0.2, 0.25) is 0 Å². The Labute approximate surface area is 189 Å². The van der Waals surface area contributed by atoms with E-state index in [0.29, 0.717) is 0 Å². The normalized spacial score (nSPS) is 3.92. The van der Waals surface area contributed by atoms with Crippen LogP contribution in [0.3, 0.4) is 0 Å². The molecule has 0 saturated carbocycles. The van der Waals surface area contributed by atoms with E-state index in [1.54, 1.807) is 0 Å². The third kappa shape index (κ3) is 169. The molecular weight excluding hydrogens is 250 g/mol. The number of rotatable bonds is 0. The second-order valence-electron chi connectivity index (χ2n) is 0.539. The molecule has 48 valence electrons. The minimum absolute atomic E-state index is 0. The van der Waals surface area contributed by atoms with Crippen LogP contribution in [-0.2, 0) is 4.46 Å². The first-order valence-corrected chi connectivity index (χ1v) is 2.54. The summed E-state index contributed by atoms with van der Waals surface area (Å²) in [6.07, 6.45) is 0. The SMILES string of the molecule is O=[Si]([O-])[O-].[Na+].[Na+].[Na+].[Na+].[Na+].[O-]B([O-])[O-]. The van der Waals surface area contributed by atoms with Gasteiger partial charge >= 0.3 is 148 Å². The Bertz CT molecular complexity index is 65.3. The fraction of sp³-hybridized carbons (Fsp3) is 0. The van der Waals surface area contributed by atoms with Gasteiger partial charge in [-0.2, -0.15) is 0 Å². The van der Waals surface area contributed by atoms with Crippen molar-refractivity contribution >= 4 is 16.5 Å². The molecule has 0 aromatic carbocycles. The molecule has 13 heteroatoms. The first kappa shape index (κ1) is 43.2. The Kier molecular flexibility index (Phi) is 119. The van der Waals surface area contributed by atoms with Crippen LogP contribution in [-0.4, -0.2) is 16.5 Å². The van der Waals surface area contributed by atoms with E-state index >= 15 is 0 Å². The third-order valence-electron chi connectivity index (χ3n) is 0. The monoisotopic (exact) mass is 250 g/mol. The maximum atomic E-state index is 8.52. The smallest absolute Gasteiger partial charge is 0.907 e. The molecular formula is BNa5O6Si. The van der Waals surface area contributed by atoms with E-state index in [0.717, 1.165) is 0 Å². The van der Waals surface area contributed by atoms with E-state index in [4.69, 9.17) is 29.1 Å². The topological polar surface area (TPSA) is 132 Å². The molecule has 0 spiro atoms. The van der Waals surface area contributed by atoms with Crippen LogP contribution in [0.4, 0.5) is 0 Å². The summed E-state index contributed by atoms with van der Waals surface area (Å²) in [5.74, 6) is 0. The fourth-order valence-corrected chi connectivity index (χ4v) is 0. The van der Waals surface area contributed by atoms with Gasteiger partial charge in [0.25, 0.3) is 0 Å². The average molecular weight is 250 g/mol. The van der Waals surface area contributed by atoms with Crippen molar-refractivity contribution in [1.29, 1.82) is 0 Å². The zero-order valence-electron chi connectivity index (χ0n) is 8.53. The molecule has 0 heterocycles. The Morgan fingerprint density at radius 1 is 0.769 bits per heavy atom. The van der Waals surface area contributed by atoms with Crippen LogP contribution in [0.5, 0.6) is 0 Å². The van der Waals surface area contributed by atoms with Crippen molar-refractivity contribution in [3.05, 3.63) is 0 Å². The predicted molar refractivity (Wildman–Crippen MR) is 12.2 cm³/mol. The summed E-state index contributed by atoms with van der Waals surface area (Å²) in [7, 11) is -6.55. The Balaban J connectivity index is -0.00000000800. The van der Waals surface area contributed by atoms with Gasteiger partial charge in [0.2, 0.25) is 0 Å². The molecule has 6 nitrogen and oxygen atoms in total. The zero-order valence-corrected chi connectivity index (χ0v) is 19.5. The van der Waals surface area contributed by atoms with Gasteiger partial charge in [0.1, 0.15) is 0 Å². The summed E-state index contributed by atoms with van der Waals surface area (Å²) in [6, 6.07) is 0. The van der Waals surface area contributed by atoms with E-state index in [9.17, 15) is 0 Å². The summed E-state index contributed by atoms with van der Waals surface area (Å²) in [5, 5.41) is 25.2. The molecule has 0 bridgehead atoms. The minimum Gasteiger partial charge on any atom is -0.907 e. The summed E-state index contributed by atoms with van der Waals surface area (Å²) < 4.78 is 8.52. The molecule has 0 unspecified atom stereocenters. The van der Waals surface area contributed by atoms with Gasteiger partial charge in [0.05, 0.1) is 0 Å². The molecule has 0 aliphatic heterocycles. The van der Waals surface area contributed by atoms with Gasteiger partial charge < -0.3 is 29.1 Å². The second kappa shape index (κ2) is 36.0.